The van der Waals surface area contributed by atoms with Gasteiger partial charge in [-0.05, 0) is 44.2 Å². The number of carbonyl (C=O) groups is 1. The summed E-state index contributed by atoms with van der Waals surface area (Å²) in [4.78, 5) is 16.6. The Bertz CT molecular complexity index is 405. The van der Waals surface area contributed by atoms with Crippen molar-refractivity contribution in [1.29, 1.82) is 0 Å². The van der Waals surface area contributed by atoms with Gasteiger partial charge in [-0.25, -0.2) is 0 Å². The zero-order valence-corrected chi connectivity index (χ0v) is 11.2. The van der Waals surface area contributed by atoms with Gasteiger partial charge in [0.1, 0.15) is 5.60 Å². The first-order valence-corrected chi connectivity index (χ1v) is 6.75. The number of aryl methyl sites for hydroxylation is 1. The molecular weight excluding hydrogens is 226 g/mol. The molecule has 0 saturated carbocycles. The average molecular weight is 247 g/mol. The highest BCUT2D eigenvalue weighted by Gasteiger charge is 2.35. The van der Waals surface area contributed by atoms with Gasteiger partial charge in [-0.2, -0.15) is 0 Å². The number of pyridine rings is 1. The van der Waals surface area contributed by atoms with Crippen LogP contribution in [0.25, 0.3) is 0 Å². The topological polar surface area (TPSA) is 39.2 Å². The van der Waals surface area contributed by atoms with E-state index in [4.69, 9.17) is 4.74 Å². The second-order valence-corrected chi connectivity index (χ2v) is 5.15. The zero-order valence-electron chi connectivity index (χ0n) is 11.2. The molecule has 2 rings (SSSR count). The van der Waals surface area contributed by atoms with Crippen LogP contribution in [0.5, 0.6) is 0 Å². The lowest BCUT2D eigenvalue weighted by atomic mass is 9.89. The van der Waals surface area contributed by atoms with Crippen LogP contribution >= 0.6 is 0 Å². The van der Waals surface area contributed by atoms with E-state index in [0.29, 0.717) is 13.0 Å². The molecule has 0 aliphatic carbocycles. The number of hydrogen-bond donors (Lipinski definition) is 0. The summed E-state index contributed by atoms with van der Waals surface area (Å²) in [5.74, 6) is 0.152. The molecule has 2 heterocycles. The van der Waals surface area contributed by atoms with Gasteiger partial charge in [0, 0.05) is 18.5 Å². The summed E-state index contributed by atoms with van der Waals surface area (Å²) in [6.45, 7) is 4.71. The molecule has 3 nitrogen and oxygen atoms in total. The number of hydrogen-bond acceptors (Lipinski definition) is 3. The van der Waals surface area contributed by atoms with Crippen molar-refractivity contribution in [3.63, 3.8) is 0 Å². The molecule has 1 aromatic heterocycles. The number of Topliss-reactive ketones (excluding diaryl/α,β-unsaturated/α-hetero) is 1. The minimum absolute atomic E-state index is 0.152. The standard InChI is InChI=1S/C15H21NO2/c1-3-12-6-7-13(16-11-12)10-14(17)15(2)8-4-5-9-18-15/h6-7,11H,3-5,8-10H2,1-2H3. The molecule has 0 amide bonds. The molecule has 0 N–H and O–H groups in total. The fourth-order valence-corrected chi connectivity index (χ4v) is 2.27. The van der Waals surface area contributed by atoms with Crippen molar-refractivity contribution in [2.75, 3.05) is 6.61 Å². The molecule has 0 spiro atoms. The monoisotopic (exact) mass is 247 g/mol. The van der Waals surface area contributed by atoms with Crippen molar-refractivity contribution < 1.29 is 9.53 Å². The lowest BCUT2D eigenvalue weighted by Gasteiger charge is -2.32. The first kappa shape index (κ1) is 13.2. The molecule has 18 heavy (non-hydrogen) atoms. The maximum absolute atomic E-state index is 12.3. The molecule has 3 heteroatoms. The molecular formula is C15H21NO2. The van der Waals surface area contributed by atoms with Crippen LogP contribution in [0, 0.1) is 0 Å². The minimum Gasteiger partial charge on any atom is -0.367 e. The summed E-state index contributed by atoms with van der Waals surface area (Å²) in [7, 11) is 0. The number of ether oxygens (including phenoxy) is 1. The van der Waals surface area contributed by atoms with Crippen molar-refractivity contribution in [3.8, 4) is 0 Å². The predicted molar refractivity (Wildman–Crippen MR) is 70.5 cm³/mol. The Morgan fingerprint density at radius 3 is 2.83 bits per heavy atom. The van der Waals surface area contributed by atoms with Crippen molar-refractivity contribution >= 4 is 5.78 Å². The molecule has 0 aromatic carbocycles. The normalized spacial score (nSPS) is 23.9. The van der Waals surface area contributed by atoms with Crippen molar-refractivity contribution in [2.24, 2.45) is 0 Å². The van der Waals surface area contributed by atoms with Gasteiger partial charge in [0.25, 0.3) is 0 Å². The highest BCUT2D eigenvalue weighted by Crippen LogP contribution is 2.26. The number of ketones is 1. The second-order valence-electron chi connectivity index (χ2n) is 5.15. The highest BCUT2D eigenvalue weighted by molar-refractivity contribution is 5.88. The molecule has 0 bridgehead atoms. The molecule has 1 saturated heterocycles. The zero-order chi connectivity index (χ0) is 13.0. The number of aromatic nitrogens is 1. The van der Waals surface area contributed by atoms with E-state index in [1.807, 2.05) is 25.3 Å². The Hall–Kier alpha value is -1.22. The molecule has 0 radical (unpaired) electrons. The fraction of sp³-hybridized carbons (Fsp3) is 0.600. The van der Waals surface area contributed by atoms with Gasteiger partial charge in [0.2, 0.25) is 0 Å². The third-order valence-electron chi connectivity index (χ3n) is 3.69. The summed E-state index contributed by atoms with van der Waals surface area (Å²) in [6, 6.07) is 3.99. The van der Waals surface area contributed by atoms with E-state index in [1.54, 1.807) is 0 Å². The first-order valence-electron chi connectivity index (χ1n) is 6.75. The van der Waals surface area contributed by atoms with Gasteiger partial charge < -0.3 is 4.74 Å². The average Bonchev–Trinajstić information content (AvgIpc) is 2.40. The van der Waals surface area contributed by atoms with E-state index >= 15 is 0 Å². The van der Waals surface area contributed by atoms with Crippen LogP contribution in [0.4, 0.5) is 0 Å². The van der Waals surface area contributed by atoms with Crippen molar-refractivity contribution in [3.05, 3.63) is 29.6 Å². The summed E-state index contributed by atoms with van der Waals surface area (Å²) in [6.07, 6.45) is 6.17. The molecule has 1 unspecified atom stereocenters. The fourth-order valence-electron chi connectivity index (χ4n) is 2.27. The van der Waals surface area contributed by atoms with Crippen molar-refractivity contribution in [1.82, 2.24) is 4.98 Å². The Balaban J connectivity index is 2.01. The molecule has 98 valence electrons. The SMILES string of the molecule is CCc1ccc(CC(=O)C2(C)CCCCO2)nc1. The summed E-state index contributed by atoms with van der Waals surface area (Å²) in [5, 5.41) is 0. The van der Waals surface area contributed by atoms with E-state index < -0.39 is 5.60 Å². The van der Waals surface area contributed by atoms with Gasteiger partial charge in [-0.15, -0.1) is 0 Å². The molecule has 1 atom stereocenters. The highest BCUT2D eigenvalue weighted by atomic mass is 16.5. The third kappa shape index (κ3) is 2.96. The Kier molecular flexibility index (Phi) is 4.12. The van der Waals surface area contributed by atoms with Gasteiger partial charge in [-0.1, -0.05) is 13.0 Å². The van der Waals surface area contributed by atoms with Crippen LogP contribution in [0.2, 0.25) is 0 Å². The van der Waals surface area contributed by atoms with Crippen LogP contribution in [0.15, 0.2) is 18.3 Å². The van der Waals surface area contributed by atoms with Gasteiger partial charge in [0.15, 0.2) is 5.78 Å². The lowest BCUT2D eigenvalue weighted by molar-refractivity contribution is -0.147. The van der Waals surface area contributed by atoms with E-state index in [0.717, 1.165) is 31.4 Å². The summed E-state index contributed by atoms with van der Waals surface area (Å²) in [5.41, 5.74) is 1.45. The van der Waals surface area contributed by atoms with Crippen LogP contribution in [-0.2, 0) is 22.4 Å². The second kappa shape index (κ2) is 5.61. The Morgan fingerprint density at radius 2 is 2.28 bits per heavy atom. The minimum atomic E-state index is -0.594. The Labute approximate surface area is 109 Å². The predicted octanol–water partition coefficient (Wildman–Crippen LogP) is 2.71. The molecule has 1 aliphatic rings. The van der Waals surface area contributed by atoms with E-state index in [9.17, 15) is 4.79 Å². The van der Waals surface area contributed by atoms with Crippen LogP contribution < -0.4 is 0 Å². The first-order chi connectivity index (χ1) is 8.64. The van der Waals surface area contributed by atoms with Gasteiger partial charge >= 0.3 is 0 Å². The van der Waals surface area contributed by atoms with E-state index in [-0.39, 0.29) is 5.78 Å². The largest absolute Gasteiger partial charge is 0.367 e. The Morgan fingerprint density at radius 1 is 1.44 bits per heavy atom. The quantitative estimate of drug-likeness (QED) is 0.821. The smallest absolute Gasteiger partial charge is 0.170 e. The maximum Gasteiger partial charge on any atom is 0.170 e. The maximum atomic E-state index is 12.3. The molecule has 1 fully saturated rings. The number of carbonyl (C=O) groups excluding carboxylic acids is 1. The summed E-state index contributed by atoms with van der Waals surface area (Å²) < 4.78 is 5.67. The van der Waals surface area contributed by atoms with Crippen LogP contribution in [0.1, 0.15) is 44.4 Å². The molecule has 1 aliphatic heterocycles. The molecule has 1 aromatic rings. The summed E-state index contributed by atoms with van der Waals surface area (Å²) >= 11 is 0. The lowest BCUT2D eigenvalue weighted by Crippen LogP contribution is -2.42. The van der Waals surface area contributed by atoms with E-state index in [2.05, 4.69) is 11.9 Å². The van der Waals surface area contributed by atoms with Crippen LogP contribution in [0.3, 0.4) is 0 Å². The van der Waals surface area contributed by atoms with E-state index in [1.165, 1.54) is 5.56 Å². The van der Waals surface area contributed by atoms with Crippen LogP contribution in [-0.4, -0.2) is 23.0 Å². The van der Waals surface area contributed by atoms with Gasteiger partial charge in [0.05, 0.1) is 6.42 Å². The van der Waals surface area contributed by atoms with Crippen molar-refractivity contribution in [2.45, 2.75) is 51.6 Å². The third-order valence-corrected chi connectivity index (χ3v) is 3.69. The number of nitrogens with zero attached hydrogens (tertiary/aromatic N) is 1. The number of rotatable bonds is 4. The van der Waals surface area contributed by atoms with Gasteiger partial charge in [-0.3, -0.25) is 9.78 Å².